The fourth-order valence-corrected chi connectivity index (χ4v) is 2.27. The van der Waals surface area contributed by atoms with Crippen LogP contribution in [0.5, 0.6) is 0 Å². The van der Waals surface area contributed by atoms with Crippen LogP contribution in [0.4, 0.5) is 0 Å². The molecule has 3 unspecified atom stereocenters. The van der Waals surface area contributed by atoms with Gasteiger partial charge >= 0.3 is 0 Å². The predicted octanol–water partition coefficient (Wildman–Crippen LogP) is 1.24. The number of nitrogens with zero attached hydrogens (tertiary/aromatic N) is 1. The average Bonchev–Trinajstić information content (AvgIpc) is 2.43. The second-order valence-corrected chi connectivity index (χ2v) is 4.94. The van der Waals surface area contributed by atoms with Gasteiger partial charge in [0, 0.05) is 12.6 Å². The van der Waals surface area contributed by atoms with E-state index < -0.39 is 0 Å². The minimum Gasteiger partial charge on any atom is -0.395 e. The molecule has 3 heteroatoms. The van der Waals surface area contributed by atoms with Crippen LogP contribution in [-0.2, 0) is 0 Å². The zero-order valence-electron chi connectivity index (χ0n) is 10.0. The molecule has 0 aromatic carbocycles. The highest BCUT2D eigenvalue weighted by molar-refractivity contribution is 4.76. The predicted molar refractivity (Wildman–Crippen MR) is 61.8 cm³/mol. The van der Waals surface area contributed by atoms with E-state index in [9.17, 15) is 5.11 Å². The molecule has 0 spiro atoms. The zero-order chi connectivity index (χ0) is 11.3. The molecule has 1 fully saturated rings. The molecule has 15 heavy (non-hydrogen) atoms. The van der Waals surface area contributed by atoms with Crippen molar-refractivity contribution >= 4 is 0 Å². The van der Waals surface area contributed by atoms with Gasteiger partial charge in [0.25, 0.3) is 0 Å². The molecule has 1 rings (SSSR count). The summed E-state index contributed by atoms with van der Waals surface area (Å²) >= 11 is 0. The van der Waals surface area contributed by atoms with E-state index in [1.807, 2.05) is 14.0 Å². The molecular weight excluding hydrogens is 190 g/mol. The fourth-order valence-electron chi connectivity index (χ4n) is 2.27. The third kappa shape index (κ3) is 4.09. The zero-order valence-corrected chi connectivity index (χ0v) is 10.0. The molecule has 2 N–H and O–H groups in total. The van der Waals surface area contributed by atoms with Gasteiger partial charge in [0.2, 0.25) is 0 Å². The van der Waals surface area contributed by atoms with Crippen LogP contribution >= 0.6 is 0 Å². The van der Waals surface area contributed by atoms with Crippen LogP contribution in [0.3, 0.4) is 0 Å². The van der Waals surface area contributed by atoms with Crippen molar-refractivity contribution in [1.29, 1.82) is 0 Å². The van der Waals surface area contributed by atoms with Gasteiger partial charge in [-0.25, -0.2) is 0 Å². The number of aliphatic hydroxyl groups is 2. The van der Waals surface area contributed by atoms with Crippen LogP contribution in [0.2, 0.25) is 0 Å². The number of rotatable bonds is 4. The second-order valence-electron chi connectivity index (χ2n) is 4.94. The first-order valence-electron chi connectivity index (χ1n) is 6.14. The first-order chi connectivity index (χ1) is 7.15. The lowest BCUT2D eigenvalue weighted by molar-refractivity contribution is 0.0614. The van der Waals surface area contributed by atoms with Crippen molar-refractivity contribution in [1.82, 2.24) is 4.90 Å². The first kappa shape index (κ1) is 12.9. The van der Waals surface area contributed by atoms with Gasteiger partial charge in [0.15, 0.2) is 0 Å². The summed E-state index contributed by atoms with van der Waals surface area (Å²) < 4.78 is 0. The van der Waals surface area contributed by atoms with Crippen LogP contribution in [0.25, 0.3) is 0 Å². The summed E-state index contributed by atoms with van der Waals surface area (Å²) in [5.41, 5.74) is 0. The molecular formula is C12H25NO2. The maximum Gasteiger partial charge on any atom is 0.0584 e. The summed E-state index contributed by atoms with van der Waals surface area (Å²) in [6.45, 7) is 3.12. The Labute approximate surface area is 93.1 Å². The topological polar surface area (TPSA) is 43.7 Å². The lowest BCUT2D eigenvalue weighted by Gasteiger charge is -2.29. The van der Waals surface area contributed by atoms with E-state index in [4.69, 9.17) is 5.11 Å². The van der Waals surface area contributed by atoms with E-state index >= 15 is 0 Å². The third-order valence-electron chi connectivity index (χ3n) is 3.66. The van der Waals surface area contributed by atoms with E-state index in [-0.39, 0.29) is 18.8 Å². The van der Waals surface area contributed by atoms with Crippen molar-refractivity contribution < 1.29 is 10.2 Å². The molecule has 1 aliphatic rings. The van der Waals surface area contributed by atoms with Crippen LogP contribution in [0.1, 0.15) is 39.0 Å². The minimum absolute atomic E-state index is 0.138. The van der Waals surface area contributed by atoms with E-state index in [1.165, 1.54) is 12.8 Å². The third-order valence-corrected chi connectivity index (χ3v) is 3.66. The Morgan fingerprint density at radius 2 is 1.93 bits per heavy atom. The molecule has 0 saturated heterocycles. The number of hydrogen-bond acceptors (Lipinski definition) is 3. The maximum atomic E-state index is 9.96. The van der Waals surface area contributed by atoms with Crippen LogP contribution in [-0.4, -0.2) is 47.5 Å². The molecule has 0 radical (unpaired) electrons. The van der Waals surface area contributed by atoms with E-state index in [1.54, 1.807) is 0 Å². The number of hydrogen-bond donors (Lipinski definition) is 2. The number of likely N-dealkylation sites (N-methyl/N-ethyl adjacent to an activating group) is 1. The summed E-state index contributed by atoms with van der Waals surface area (Å²) in [4.78, 5) is 2.15. The van der Waals surface area contributed by atoms with Crippen molar-refractivity contribution in [3.05, 3.63) is 0 Å². The fraction of sp³-hybridized carbons (Fsp3) is 1.00. The summed E-state index contributed by atoms with van der Waals surface area (Å²) in [6, 6.07) is 0.195. The van der Waals surface area contributed by atoms with Crippen molar-refractivity contribution in [3.8, 4) is 0 Å². The Bertz CT molecular complexity index is 175. The van der Waals surface area contributed by atoms with Gasteiger partial charge in [0.05, 0.1) is 12.7 Å². The monoisotopic (exact) mass is 215 g/mol. The molecule has 0 aromatic rings. The molecule has 90 valence electrons. The van der Waals surface area contributed by atoms with E-state index in [2.05, 4.69) is 4.90 Å². The number of aliphatic hydroxyl groups excluding tert-OH is 2. The van der Waals surface area contributed by atoms with Gasteiger partial charge in [-0.05, 0) is 32.7 Å². The molecule has 0 aliphatic heterocycles. The molecule has 0 bridgehead atoms. The van der Waals surface area contributed by atoms with Crippen LogP contribution in [0.15, 0.2) is 0 Å². The molecule has 3 nitrogen and oxygen atoms in total. The Kier molecular flexibility index (Phi) is 5.58. The standard InChI is InChI=1S/C12H25NO2/c1-10(9-14)13(2)8-11-6-4-3-5-7-12(11)15/h10-12,14-15H,3-9H2,1-2H3. The smallest absolute Gasteiger partial charge is 0.0584 e. The summed E-state index contributed by atoms with van der Waals surface area (Å²) in [5.74, 6) is 0.395. The Morgan fingerprint density at radius 1 is 1.27 bits per heavy atom. The van der Waals surface area contributed by atoms with Crippen LogP contribution in [0, 0.1) is 5.92 Å². The van der Waals surface area contributed by atoms with E-state index in [0.29, 0.717) is 5.92 Å². The molecule has 0 heterocycles. The van der Waals surface area contributed by atoms with Crippen LogP contribution < -0.4 is 0 Å². The lowest BCUT2D eigenvalue weighted by atomic mass is 9.96. The van der Waals surface area contributed by atoms with Crippen molar-refractivity contribution in [2.45, 2.75) is 51.2 Å². The molecule has 1 saturated carbocycles. The van der Waals surface area contributed by atoms with E-state index in [0.717, 1.165) is 25.8 Å². The highest BCUT2D eigenvalue weighted by Crippen LogP contribution is 2.24. The Balaban J connectivity index is 2.40. The molecule has 1 aliphatic carbocycles. The first-order valence-corrected chi connectivity index (χ1v) is 6.14. The molecule has 3 atom stereocenters. The minimum atomic E-state index is -0.138. The maximum absolute atomic E-state index is 9.96. The van der Waals surface area contributed by atoms with Crippen molar-refractivity contribution in [2.24, 2.45) is 5.92 Å². The largest absolute Gasteiger partial charge is 0.395 e. The average molecular weight is 215 g/mol. The highest BCUT2D eigenvalue weighted by atomic mass is 16.3. The Hall–Kier alpha value is -0.120. The summed E-state index contributed by atoms with van der Waals surface area (Å²) in [7, 11) is 2.03. The molecule has 0 aromatic heterocycles. The highest BCUT2D eigenvalue weighted by Gasteiger charge is 2.23. The van der Waals surface area contributed by atoms with Crippen molar-refractivity contribution in [2.75, 3.05) is 20.2 Å². The normalized spacial score (nSPS) is 30.2. The quantitative estimate of drug-likeness (QED) is 0.693. The van der Waals surface area contributed by atoms with Gasteiger partial charge in [-0.1, -0.05) is 19.3 Å². The van der Waals surface area contributed by atoms with Gasteiger partial charge in [-0.2, -0.15) is 0 Å². The van der Waals surface area contributed by atoms with Gasteiger partial charge in [-0.3, -0.25) is 0 Å². The summed E-state index contributed by atoms with van der Waals surface area (Å²) in [6.07, 6.45) is 5.60. The van der Waals surface area contributed by atoms with Gasteiger partial charge in [0.1, 0.15) is 0 Å². The second kappa shape index (κ2) is 6.46. The van der Waals surface area contributed by atoms with Gasteiger partial charge in [-0.15, -0.1) is 0 Å². The summed E-state index contributed by atoms with van der Waals surface area (Å²) in [5, 5.41) is 19.0. The molecule has 0 amide bonds. The SMILES string of the molecule is CC(CO)N(C)CC1CCCCCC1O. The lowest BCUT2D eigenvalue weighted by Crippen LogP contribution is -2.39. The Morgan fingerprint density at radius 3 is 2.60 bits per heavy atom. The van der Waals surface area contributed by atoms with Crippen molar-refractivity contribution in [3.63, 3.8) is 0 Å². The van der Waals surface area contributed by atoms with Gasteiger partial charge < -0.3 is 15.1 Å².